The lowest BCUT2D eigenvalue weighted by atomic mass is 9.94. The van der Waals surface area contributed by atoms with Crippen LogP contribution < -0.4 is 5.73 Å². The summed E-state index contributed by atoms with van der Waals surface area (Å²) in [4.78, 5) is 28.5. The van der Waals surface area contributed by atoms with E-state index >= 15 is 0 Å². The largest absolute Gasteiger partial charge is 0.335 e. The van der Waals surface area contributed by atoms with Crippen molar-refractivity contribution in [3.63, 3.8) is 0 Å². The normalized spacial score (nSPS) is 16.9. The van der Waals surface area contributed by atoms with Gasteiger partial charge in [-0.05, 0) is 23.3 Å². The van der Waals surface area contributed by atoms with Crippen molar-refractivity contribution in [2.24, 2.45) is 11.7 Å². The van der Waals surface area contributed by atoms with E-state index in [9.17, 15) is 14.0 Å². The molecule has 2 aromatic carbocycles. The Bertz CT molecular complexity index is 812. The highest BCUT2D eigenvalue weighted by atomic mass is 19.1. The van der Waals surface area contributed by atoms with E-state index in [-0.39, 0.29) is 24.2 Å². The van der Waals surface area contributed by atoms with Gasteiger partial charge in [0.2, 0.25) is 11.8 Å². The zero-order valence-corrected chi connectivity index (χ0v) is 15.3. The van der Waals surface area contributed by atoms with Crippen LogP contribution in [-0.4, -0.2) is 41.2 Å². The first kappa shape index (κ1) is 19.0. The third-order valence-electron chi connectivity index (χ3n) is 5.01. The molecule has 0 bridgehead atoms. The second kappa shape index (κ2) is 8.31. The number of halogens is 1. The lowest BCUT2D eigenvalue weighted by Gasteiger charge is -2.36. The topological polar surface area (TPSA) is 66.6 Å². The molecule has 2 N–H and O–H groups in total. The molecule has 3 rings (SSSR count). The van der Waals surface area contributed by atoms with E-state index < -0.39 is 12.0 Å². The number of nitrogens with zero attached hydrogens (tertiary/aromatic N) is 2. The molecule has 0 saturated carbocycles. The summed E-state index contributed by atoms with van der Waals surface area (Å²) >= 11 is 0. The SMILES string of the molecule is CC(C(=O)N1CCN(Cc2cccc(F)c2)C(=O)C1)C(N)c1ccccc1. The average molecular weight is 369 g/mol. The van der Waals surface area contributed by atoms with E-state index in [4.69, 9.17) is 5.73 Å². The monoisotopic (exact) mass is 369 g/mol. The van der Waals surface area contributed by atoms with E-state index in [2.05, 4.69) is 0 Å². The summed E-state index contributed by atoms with van der Waals surface area (Å²) in [6.07, 6.45) is 0. The molecule has 1 heterocycles. The summed E-state index contributed by atoms with van der Waals surface area (Å²) < 4.78 is 13.3. The van der Waals surface area contributed by atoms with Gasteiger partial charge in [0.05, 0.1) is 12.5 Å². The predicted molar refractivity (Wildman–Crippen MR) is 101 cm³/mol. The van der Waals surface area contributed by atoms with Crippen molar-refractivity contribution >= 4 is 11.8 Å². The second-order valence-corrected chi connectivity index (χ2v) is 6.93. The van der Waals surface area contributed by atoms with Crippen molar-refractivity contribution < 1.29 is 14.0 Å². The van der Waals surface area contributed by atoms with Crippen LogP contribution in [0.4, 0.5) is 4.39 Å². The average Bonchev–Trinajstić information content (AvgIpc) is 2.68. The first-order chi connectivity index (χ1) is 13.0. The first-order valence-electron chi connectivity index (χ1n) is 9.07. The van der Waals surface area contributed by atoms with Crippen LogP contribution in [0.5, 0.6) is 0 Å². The molecule has 2 aromatic rings. The number of carbonyl (C=O) groups excluding carboxylic acids is 2. The first-order valence-corrected chi connectivity index (χ1v) is 9.07. The molecule has 1 aliphatic rings. The summed E-state index contributed by atoms with van der Waals surface area (Å²) in [6, 6.07) is 15.3. The zero-order chi connectivity index (χ0) is 19.4. The molecule has 5 nitrogen and oxygen atoms in total. The molecule has 0 radical (unpaired) electrons. The van der Waals surface area contributed by atoms with Gasteiger partial charge in [-0.2, -0.15) is 0 Å². The maximum absolute atomic E-state index is 13.3. The molecular formula is C21H24FN3O2. The van der Waals surface area contributed by atoms with Crippen LogP contribution in [0.3, 0.4) is 0 Å². The number of rotatable bonds is 5. The number of carbonyl (C=O) groups is 2. The molecule has 6 heteroatoms. The van der Waals surface area contributed by atoms with Crippen molar-refractivity contribution in [1.29, 1.82) is 0 Å². The molecule has 1 fully saturated rings. The highest BCUT2D eigenvalue weighted by molar-refractivity contribution is 5.87. The maximum atomic E-state index is 13.3. The van der Waals surface area contributed by atoms with Gasteiger partial charge in [-0.3, -0.25) is 9.59 Å². The Labute approximate surface area is 158 Å². The number of nitrogens with two attached hydrogens (primary N) is 1. The standard InChI is InChI=1S/C21H24FN3O2/c1-15(20(23)17-7-3-2-4-8-17)21(27)25-11-10-24(19(26)14-25)13-16-6-5-9-18(22)12-16/h2-9,12,15,20H,10-11,13-14,23H2,1H3. The van der Waals surface area contributed by atoms with Crippen molar-refractivity contribution in [2.45, 2.75) is 19.5 Å². The molecule has 142 valence electrons. The number of amides is 2. The molecule has 27 heavy (non-hydrogen) atoms. The van der Waals surface area contributed by atoms with Crippen LogP contribution in [-0.2, 0) is 16.1 Å². The quantitative estimate of drug-likeness (QED) is 0.880. The smallest absolute Gasteiger partial charge is 0.242 e. The van der Waals surface area contributed by atoms with E-state index in [0.717, 1.165) is 11.1 Å². The lowest BCUT2D eigenvalue weighted by Crippen LogP contribution is -2.53. The molecule has 2 unspecified atom stereocenters. The van der Waals surface area contributed by atoms with Gasteiger partial charge in [0, 0.05) is 25.7 Å². The molecule has 2 amide bonds. The van der Waals surface area contributed by atoms with Crippen LogP contribution in [0.1, 0.15) is 24.1 Å². The Morgan fingerprint density at radius 3 is 2.56 bits per heavy atom. The third-order valence-corrected chi connectivity index (χ3v) is 5.01. The lowest BCUT2D eigenvalue weighted by molar-refractivity contribution is -0.148. The van der Waals surface area contributed by atoms with E-state index in [1.807, 2.05) is 30.3 Å². The van der Waals surface area contributed by atoms with E-state index in [0.29, 0.717) is 19.6 Å². The summed E-state index contributed by atoms with van der Waals surface area (Å²) in [6.45, 7) is 3.04. The minimum Gasteiger partial charge on any atom is -0.335 e. The fourth-order valence-corrected chi connectivity index (χ4v) is 3.33. The van der Waals surface area contributed by atoms with Crippen molar-refractivity contribution in [1.82, 2.24) is 9.80 Å². The minimum atomic E-state index is -0.421. The van der Waals surface area contributed by atoms with Gasteiger partial charge in [0.25, 0.3) is 0 Å². The Balaban J connectivity index is 1.60. The molecule has 0 spiro atoms. The summed E-state index contributed by atoms with van der Waals surface area (Å²) in [5, 5.41) is 0. The van der Waals surface area contributed by atoms with Gasteiger partial charge < -0.3 is 15.5 Å². The Morgan fingerprint density at radius 2 is 1.89 bits per heavy atom. The van der Waals surface area contributed by atoms with Crippen LogP contribution in [0.2, 0.25) is 0 Å². The molecular weight excluding hydrogens is 345 g/mol. The van der Waals surface area contributed by atoms with E-state index in [1.54, 1.807) is 28.9 Å². The van der Waals surface area contributed by atoms with Crippen LogP contribution in [0, 0.1) is 11.7 Å². The second-order valence-electron chi connectivity index (χ2n) is 6.93. The predicted octanol–water partition coefficient (Wildman–Crippen LogP) is 2.33. The highest BCUT2D eigenvalue weighted by Gasteiger charge is 2.32. The van der Waals surface area contributed by atoms with Crippen molar-refractivity contribution in [2.75, 3.05) is 19.6 Å². The van der Waals surface area contributed by atoms with Gasteiger partial charge >= 0.3 is 0 Å². The van der Waals surface area contributed by atoms with Gasteiger partial charge in [-0.15, -0.1) is 0 Å². The fourth-order valence-electron chi connectivity index (χ4n) is 3.33. The van der Waals surface area contributed by atoms with Gasteiger partial charge in [-0.1, -0.05) is 49.4 Å². The van der Waals surface area contributed by atoms with Gasteiger partial charge in [-0.25, -0.2) is 4.39 Å². The third kappa shape index (κ3) is 4.52. The Hall–Kier alpha value is -2.73. The van der Waals surface area contributed by atoms with Crippen LogP contribution in [0.25, 0.3) is 0 Å². The van der Waals surface area contributed by atoms with Crippen molar-refractivity contribution in [3.05, 3.63) is 71.5 Å². The number of hydrogen-bond donors (Lipinski definition) is 1. The van der Waals surface area contributed by atoms with Gasteiger partial charge in [0.1, 0.15) is 5.82 Å². The van der Waals surface area contributed by atoms with Crippen molar-refractivity contribution in [3.8, 4) is 0 Å². The molecule has 1 aliphatic heterocycles. The summed E-state index contributed by atoms with van der Waals surface area (Å²) in [5.41, 5.74) is 7.88. The minimum absolute atomic E-state index is 0.0278. The van der Waals surface area contributed by atoms with Crippen LogP contribution >= 0.6 is 0 Å². The Morgan fingerprint density at radius 1 is 1.15 bits per heavy atom. The van der Waals surface area contributed by atoms with E-state index in [1.165, 1.54) is 12.1 Å². The highest BCUT2D eigenvalue weighted by Crippen LogP contribution is 2.22. The zero-order valence-electron chi connectivity index (χ0n) is 15.3. The molecule has 1 saturated heterocycles. The summed E-state index contributed by atoms with van der Waals surface area (Å²) in [7, 11) is 0. The fraction of sp³-hybridized carbons (Fsp3) is 0.333. The molecule has 0 aliphatic carbocycles. The van der Waals surface area contributed by atoms with Gasteiger partial charge in [0.15, 0.2) is 0 Å². The number of hydrogen-bond acceptors (Lipinski definition) is 3. The number of piperazine rings is 1. The number of benzene rings is 2. The summed E-state index contributed by atoms with van der Waals surface area (Å²) in [5.74, 6) is -1.00. The van der Waals surface area contributed by atoms with Crippen LogP contribution in [0.15, 0.2) is 54.6 Å². The maximum Gasteiger partial charge on any atom is 0.242 e. The Kier molecular flexibility index (Phi) is 5.86. The molecule has 2 atom stereocenters. The molecule has 0 aromatic heterocycles.